The maximum absolute atomic E-state index is 12.9. The van der Waals surface area contributed by atoms with Crippen LogP contribution in [0.3, 0.4) is 0 Å². The van der Waals surface area contributed by atoms with Gasteiger partial charge in [0, 0.05) is 30.3 Å². The minimum Gasteiger partial charge on any atom is -0.493 e. The van der Waals surface area contributed by atoms with Crippen molar-refractivity contribution in [3.63, 3.8) is 0 Å². The lowest BCUT2D eigenvalue weighted by Crippen LogP contribution is -2.39. The van der Waals surface area contributed by atoms with Crippen molar-refractivity contribution in [2.24, 2.45) is 5.92 Å². The van der Waals surface area contributed by atoms with Crippen LogP contribution in [0.15, 0.2) is 36.4 Å². The minimum atomic E-state index is -0.581. The molecule has 1 heterocycles. The Balaban J connectivity index is 1.77. The topological polar surface area (TPSA) is 77.1 Å². The van der Waals surface area contributed by atoms with Crippen molar-refractivity contribution in [2.45, 2.75) is 39.8 Å². The van der Waals surface area contributed by atoms with Crippen LogP contribution in [0.1, 0.15) is 31.9 Å². The molecule has 1 N–H and O–H groups in total. The highest BCUT2D eigenvalue weighted by atomic mass is 16.5. The quantitative estimate of drug-likeness (QED) is 0.731. The van der Waals surface area contributed by atoms with Crippen molar-refractivity contribution in [3.05, 3.63) is 47.5 Å². The summed E-state index contributed by atoms with van der Waals surface area (Å²) in [6.45, 7) is 6.40. The van der Waals surface area contributed by atoms with Gasteiger partial charge in [0.05, 0.1) is 14.2 Å². The number of nitrogens with zero attached hydrogens (tertiary/aromatic N) is 1. The molecule has 2 aromatic rings. The first-order valence-electron chi connectivity index (χ1n) is 10.4. The number of carbonyl (C=O) groups excluding carboxylic acids is 2. The Morgan fingerprint density at radius 3 is 2.58 bits per heavy atom. The third-order valence-corrected chi connectivity index (χ3v) is 5.30. The molecule has 7 nitrogen and oxygen atoms in total. The number of amides is 2. The fourth-order valence-corrected chi connectivity index (χ4v) is 3.45. The number of ether oxygens (including phenoxy) is 3. The van der Waals surface area contributed by atoms with Crippen molar-refractivity contribution in [1.29, 1.82) is 0 Å². The number of fused-ring (bicyclic) bond motifs is 1. The van der Waals surface area contributed by atoms with Gasteiger partial charge in [0.25, 0.3) is 5.91 Å². The zero-order chi connectivity index (χ0) is 22.5. The molecule has 0 unspecified atom stereocenters. The molecule has 1 atom stereocenters. The second kappa shape index (κ2) is 9.73. The summed E-state index contributed by atoms with van der Waals surface area (Å²) in [5, 5.41) is 2.91. The lowest BCUT2D eigenvalue weighted by Gasteiger charge is -2.22. The Bertz CT molecular complexity index is 957. The van der Waals surface area contributed by atoms with Crippen LogP contribution in [-0.4, -0.2) is 43.6 Å². The molecule has 0 bridgehead atoms. The summed E-state index contributed by atoms with van der Waals surface area (Å²) in [4.78, 5) is 26.7. The number of nitrogens with one attached hydrogen (secondary N) is 1. The predicted molar refractivity (Wildman–Crippen MR) is 119 cm³/mol. The Kier molecular flexibility index (Phi) is 7.05. The van der Waals surface area contributed by atoms with E-state index in [1.807, 2.05) is 44.2 Å². The first kappa shape index (κ1) is 22.5. The molecule has 0 aromatic heterocycles. The standard InChI is InChI=1S/C24H30N2O5/c1-15(2)23(27)25-19-7-9-20-18(13-19)14-26(24(28)16(3)31-20)11-10-17-6-8-21(29-4)22(12-17)30-5/h6-9,12-13,15-16H,10-11,14H2,1-5H3,(H,25,27)/t16-/m0/s1. The van der Waals surface area contributed by atoms with Crippen LogP contribution in [-0.2, 0) is 22.6 Å². The van der Waals surface area contributed by atoms with E-state index in [4.69, 9.17) is 14.2 Å². The smallest absolute Gasteiger partial charge is 0.263 e. The van der Waals surface area contributed by atoms with E-state index in [-0.39, 0.29) is 17.7 Å². The zero-order valence-electron chi connectivity index (χ0n) is 18.7. The summed E-state index contributed by atoms with van der Waals surface area (Å²) in [6.07, 6.45) is 0.0838. The van der Waals surface area contributed by atoms with E-state index in [0.717, 1.165) is 11.1 Å². The van der Waals surface area contributed by atoms with Crippen LogP contribution >= 0.6 is 0 Å². The summed E-state index contributed by atoms with van der Waals surface area (Å²) in [5.41, 5.74) is 2.61. The molecule has 0 radical (unpaired) electrons. The van der Waals surface area contributed by atoms with Crippen molar-refractivity contribution < 1.29 is 23.8 Å². The van der Waals surface area contributed by atoms with Gasteiger partial charge in [-0.1, -0.05) is 19.9 Å². The number of methoxy groups -OCH3 is 2. The molecule has 1 aliphatic heterocycles. The van der Waals surface area contributed by atoms with Crippen LogP contribution < -0.4 is 19.5 Å². The molecule has 2 aromatic carbocycles. The lowest BCUT2D eigenvalue weighted by molar-refractivity contribution is -0.137. The van der Waals surface area contributed by atoms with Gasteiger partial charge in [0.1, 0.15) is 5.75 Å². The molecule has 0 spiro atoms. The van der Waals surface area contributed by atoms with E-state index in [2.05, 4.69) is 5.32 Å². The average molecular weight is 427 g/mol. The second-order valence-electron chi connectivity index (χ2n) is 7.93. The highest BCUT2D eigenvalue weighted by Gasteiger charge is 2.28. The number of anilines is 1. The van der Waals surface area contributed by atoms with Gasteiger partial charge in [-0.2, -0.15) is 0 Å². The normalized spacial score (nSPS) is 15.7. The number of rotatable bonds is 7. The second-order valence-corrected chi connectivity index (χ2v) is 7.93. The van der Waals surface area contributed by atoms with E-state index in [1.54, 1.807) is 32.1 Å². The summed E-state index contributed by atoms with van der Waals surface area (Å²) >= 11 is 0. The molecule has 2 amide bonds. The minimum absolute atomic E-state index is 0.0516. The van der Waals surface area contributed by atoms with E-state index in [1.165, 1.54) is 0 Å². The third-order valence-electron chi connectivity index (χ3n) is 5.30. The number of benzene rings is 2. The van der Waals surface area contributed by atoms with Crippen LogP contribution in [0, 0.1) is 5.92 Å². The third kappa shape index (κ3) is 5.29. The monoisotopic (exact) mass is 426 g/mol. The molecule has 0 aliphatic carbocycles. The maximum Gasteiger partial charge on any atom is 0.263 e. The maximum atomic E-state index is 12.9. The van der Waals surface area contributed by atoms with Gasteiger partial charge in [-0.05, 0) is 49.2 Å². The van der Waals surface area contributed by atoms with E-state index < -0.39 is 6.10 Å². The molecule has 0 saturated carbocycles. The fraction of sp³-hybridized carbons (Fsp3) is 0.417. The average Bonchev–Trinajstić information content (AvgIpc) is 2.88. The van der Waals surface area contributed by atoms with Crippen LogP contribution in [0.25, 0.3) is 0 Å². The van der Waals surface area contributed by atoms with E-state index in [0.29, 0.717) is 42.4 Å². The molecule has 7 heteroatoms. The molecule has 0 saturated heterocycles. The summed E-state index contributed by atoms with van der Waals surface area (Å²) in [5.74, 6) is 1.76. The molecule has 3 rings (SSSR count). The van der Waals surface area contributed by atoms with Gasteiger partial charge in [0.15, 0.2) is 17.6 Å². The first-order valence-corrected chi connectivity index (χ1v) is 10.4. The number of carbonyl (C=O) groups is 2. The Morgan fingerprint density at radius 2 is 1.90 bits per heavy atom. The van der Waals surface area contributed by atoms with E-state index in [9.17, 15) is 9.59 Å². The SMILES string of the molecule is COc1ccc(CCN2Cc3cc(NC(=O)C(C)C)ccc3O[C@@H](C)C2=O)cc1OC. The highest BCUT2D eigenvalue weighted by Crippen LogP contribution is 2.30. The molecular weight excluding hydrogens is 396 g/mol. The largest absolute Gasteiger partial charge is 0.493 e. The van der Waals surface area contributed by atoms with Gasteiger partial charge < -0.3 is 24.4 Å². The van der Waals surface area contributed by atoms with E-state index >= 15 is 0 Å². The number of hydrogen-bond donors (Lipinski definition) is 1. The molecule has 31 heavy (non-hydrogen) atoms. The molecule has 1 aliphatic rings. The fourth-order valence-electron chi connectivity index (χ4n) is 3.45. The van der Waals surface area contributed by atoms with Gasteiger partial charge in [-0.3, -0.25) is 9.59 Å². The Morgan fingerprint density at radius 1 is 1.16 bits per heavy atom. The predicted octanol–water partition coefficient (Wildman–Crippen LogP) is 3.65. The van der Waals surface area contributed by atoms with Gasteiger partial charge in [0.2, 0.25) is 5.91 Å². The Hall–Kier alpha value is -3.22. The first-order chi connectivity index (χ1) is 14.8. The number of hydrogen-bond acceptors (Lipinski definition) is 5. The van der Waals surface area contributed by atoms with Crippen LogP contribution in [0.2, 0.25) is 0 Å². The molecule has 166 valence electrons. The van der Waals surface area contributed by atoms with Crippen molar-refractivity contribution in [3.8, 4) is 17.2 Å². The summed E-state index contributed by atoms with van der Waals surface area (Å²) in [7, 11) is 3.20. The van der Waals surface area contributed by atoms with Crippen LogP contribution in [0.5, 0.6) is 17.2 Å². The van der Waals surface area contributed by atoms with Gasteiger partial charge >= 0.3 is 0 Å². The molecular formula is C24H30N2O5. The zero-order valence-corrected chi connectivity index (χ0v) is 18.7. The van der Waals surface area contributed by atoms with Crippen molar-refractivity contribution >= 4 is 17.5 Å². The lowest BCUT2D eigenvalue weighted by atomic mass is 10.1. The van der Waals surface area contributed by atoms with Crippen molar-refractivity contribution in [1.82, 2.24) is 4.90 Å². The molecule has 0 fully saturated rings. The van der Waals surface area contributed by atoms with Crippen molar-refractivity contribution in [2.75, 3.05) is 26.1 Å². The summed E-state index contributed by atoms with van der Waals surface area (Å²) < 4.78 is 16.5. The highest BCUT2D eigenvalue weighted by molar-refractivity contribution is 5.92. The Labute approximate surface area is 183 Å². The van der Waals surface area contributed by atoms with Gasteiger partial charge in [-0.25, -0.2) is 0 Å². The summed E-state index contributed by atoms with van der Waals surface area (Å²) in [6, 6.07) is 11.3. The van der Waals surface area contributed by atoms with Gasteiger partial charge in [-0.15, -0.1) is 0 Å². The van der Waals surface area contributed by atoms with Crippen LogP contribution in [0.4, 0.5) is 5.69 Å².